The number of ether oxygens (including phenoxy) is 1. The van der Waals surface area contributed by atoms with Gasteiger partial charge in [0.2, 0.25) is 0 Å². The Balaban J connectivity index is 1.65. The summed E-state index contributed by atoms with van der Waals surface area (Å²) in [5.74, 6) is -0.605. The average Bonchev–Trinajstić information content (AvgIpc) is 3.28. The van der Waals surface area contributed by atoms with Crippen LogP contribution in [0.1, 0.15) is 52.0 Å². The minimum atomic E-state index is -4.45. The third-order valence-corrected chi connectivity index (χ3v) is 6.62. The van der Waals surface area contributed by atoms with E-state index in [0.29, 0.717) is 30.2 Å². The maximum absolute atomic E-state index is 13.5. The number of fused-ring (bicyclic) bond motifs is 3. The van der Waals surface area contributed by atoms with E-state index >= 15 is 0 Å². The predicted octanol–water partition coefficient (Wildman–Crippen LogP) is 6.49. The number of hydrogen-bond donors (Lipinski definition) is 2. The van der Waals surface area contributed by atoms with E-state index in [1.165, 1.54) is 25.3 Å². The molecule has 4 aromatic rings. The van der Waals surface area contributed by atoms with Crippen LogP contribution in [0.15, 0.2) is 54.7 Å². The van der Waals surface area contributed by atoms with Gasteiger partial charge in [-0.2, -0.15) is 13.2 Å². The Morgan fingerprint density at radius 1 is 1.22 bits per heavy atom. The number of aromatic nitrogens is 2. The monoisotopic (exact) mass is 495 g/mol. The number of halogens is 3. The summed E-state index contributed by atoms with van der Waals surface area (Å²) in [7, 11) is 0. The largest absolute Gasteiger partial charge is 0.478 e. The second kappa shape index (κ2) is 8.98. The zero-order valence-corrected chi connectivity index (χ0v) is 19.7. The first-order chi connectivity index (χ1) is 17.1. The molecule has 3 heterocycles. The molecule has 0 bridgehead atoms. The molecule has 0 radical (unpaired) electrons. The van der Waals surface area contributed by atoms with Crippen molar-refractivity contribution in [1.82, 2.24) is 9.38 Å². The number of carbonyl (C=O) groups is 1. The van der Waals surface area contributed by atoms with E-state index in [1.54, 1.807) is 17.4 Å². The van der Waals surface area contributed by atoms with E-state index in [-0.39, 0.29) is 11.1 Å². The van der Waals surface area contributed by atoms with Gasteiger partial charge in [0.25, 0.3) is 0 Å². The molecule has 0 unspecified atom stereocenters. The Hall–Kier alpha value is -3.85. The van der Waals surface area contributed by atoms with Gasteiger partial charge in [0.1, 0.15) is 11.5 Å². The van der Waals surface area contributed by atoms with Gasteiger partial charge >= 0.3 is 12.1 Å². The summed E-state index contributed by atoms with van der Waals surface area (Å²) >= 11 is 0. The van der Waals surface area contributed by atoms with Crippen LogP contribution in [0.2, 0.25) is 0 Å². The fourth-order valence-electron chi connectivity index (χ4n) is 4.77. The highest BCUT2D eigenvalue weighted by molar-refractivity contribution is 5.96. The van der Waals surface area contributed by atoms with Crippen molar-refractivity contribution in [3.63, 3.8) is 0 Å². The van der Waals surface area contributed by atoms with Crippen molar-refractivity contribution in [1.29, 1.82) is 0 Å². The van der Waals surface area contributed by atoms with E-state index in [4.69, 9.17) is 4.74 Å². The smallest absolute Gasteiger partial charge is 0.416 e. The quantitative estimate of drug-likeness (QED) is 0.331. The molecular formula is C27H24F3N3O3. The lowest BCUT2D eigenvalue weighted by Gasteiger charge is -2.22. The molecule has 0 amide bonds. The summed E-state index contributed by atoms with van der Waals surface area (Å²) < 4.78 is 47.6. The van der Waals surface area contributed by atoms with Gasteiger partial charge < -0.3 is 19.6 Å². The Kier molecular flexibility index (Phi) is 5.96. The highest BCUT2D eigenvalue weighted by atomic mass is 19.4. The molecule has 9 heteroatoms. The number of alkyl halides is 3. The molecule has 6 nitrogen and oxygen atoms in total. The average molecular weight is 496 g/mol. The molecule has 0 aliphatic carbocycles. The number of benzene rings is 2. The second-order valence-electron chi connectivity index (χ2n) is 8.89. The third kappa shape index (κ3) is 4.30. The zero-order chi connectivity index (χ0) is 25.6. The maximum atomic E-state index is 13.5. The van der Waals surface area contributed by atoms with E-state index in [0.717, 1.165) is 34.5 Å². The molecule has 2 N–H and O–H groups in total. The molecule has 0 fully saturated rings. The fraction of sp³-hybridized carbons (Fsp3) is 0.259. The topological polar surface area (TPSA) is 75.9 Å². The van der Waals surface area contributed by atoms with Crippen molar-refractivity contribution in [2.75, 3.05) is 18.5 Å². The minimum Gasteiger partial charge on any atom is -0.478 e. The highest BCUT2D eigenvalue weighted by Crippen LogP contribution is 2.36. The SMILES string of the molecule is Cc1c([C@@H](C)Nc2nc3cc(C(=O)O)cn3c3ccc(C4=CCOCC4)cc23)cccc1C(F)(F)F. The van der Waals surface area contributed by atoms with Crippen LogP contribution < -0.4 is 5.32 Å². The molecule has 1 aliphatic rings. The molecule has 0 saturated carbocycles. The number of carboxylic acid groups (broad SMARTS) is 1. The van der Waals surface area contributed by atoms with Crippen molar-refractivity contribution in [2.45, 2.75) is 32.5 Å². The highest BCUT2D eigenvalue weighted by Gasteiger charge is 2.33. The molecule has 1 aliphatic heterocycles. The van der Waals surface area contributed by atoms with Crippen LogP contribution in [-0.2, 0) is 10.9 Å². The Bertz CT molecular complexity index is 1520. The van der Waals surface area contributed by atoms with E-state index in [9.17, 15) is 23.1 Å². The molecule has 1 atom stereocenters. The predicted molar refractivity (Wildman–Crippen MR) is 131 cm³/mol. The van der Waals surface area contributed by atoms with Gasteiger partial charge in [-0.15, -0.1) is 0 Å². The van der Waals surface area contributed by atoms with E-state index in [2.05, 4.69) is 10.3 Å². The summed E-state index contributed by atoms with van der Waals surface area (Å²) in [5.41, 5.74) is 3.36. The number of rotatable bonds is 5. The lowest BCUT2D eigenvalue weighted by Crippen LogP contribution is -2.14. The van der Waals surface area contributed by atoms with Gasteiger partial charge in [0.05, 0.1) is 35.9 Å². The first-order valence-corrected chi connectivity index (χ1v) is 11.5. The first-order valence-electron chi connectivity index (χ1n) is 11.5. The molecule has 2 aromatic carbocycles. The van der Waals surface area contributed by atoms with E-state index < -0.39 is 23.8 Å². The van der Waals surface area contributed by atoms with Gasteiger partial charge in [0, 0.05) is 11.6 Å². The molecule has 5 rings (SSSR count). The maximum Gasteiger partial charge on any atom is 0.416 e. The Morgan fingerprint density at radius 2 is 2.03 bits per heavy atom. The molecule has 2 aromatic heterocycles. The Morgan fingerprint density at radius 3 is 2.72 bits per heavy atom. The molecule has 0 spiro atoms. The molecule has 186 valence electrons. The van der Waals surface area contributed by atoms with Crippen LogP contribution in [-0.4, -0.2) is 33.7 Å². The normalized spacial score (nSPS) is 15.2. The summed E-state index contributed by atoms with van der Waals surface area (Å²) in [6.45, 7) is 4.40. The van der Waals surface area contributed by atoms with Crippen molar-refractivity contribution in [2.24, 2.45) is 0 Å². The van der Waals surface area contributed by atoms with E-state index in [1.807, 2.05) is 24.3 Å². The van der Waals surface area contributed by atoms with Crippen LogP contribution in [0.4, 0.5) is 19.0 Å². The number of carboxylic acids is 1. The van der Waals surface area contributed by atoms with Crippen molar-refractivity contribution in [3.8, 4) is 0 Å². The van der Waals surface area contributed by atoms with Crippen LogP contribution in [0.25, 0.3) is 22.1 Å². The third-order valence-electron chi connectivity index (χ3n) is 6.62. The van der Waals surface area contributed by atoms with Gasteiger partial charge in [-0.3, -0.25) is 0 Å². The number of anilines is 1. The second-order valence-corrected chi connectivity index (χ2v) is 8.89. The van der Waals surface area contributed by atoms with Crippen molar-refractivity contribution in [3.05, 3.63) is 82.6 Å². The molecule has 0 saturated heterocycles. The van der Waals surface area contributed by atoms with Crippen molar-refractivity contribution < 1.29 is 27.8 Å². The lowest BCUT2D eigenvalue weighted by molar-refractivity contribution is -0.138. The zero-order valence-electron chi connectivity index (χ0n) is 19.7. The minimum absolute atomic E-state index is 0.0962. The van der Waals surface area contributed by atoms with Crippen LogP contribution in [0.3, 0.4) is 0 Å². The Labute approximate surface area is 205 Å². The number of nitrogens with one attached hydrogen (secondary N) is 1. The summed E-state index contributed by atoms with van der Waals surface area (Å²) in [5, 5.41) is 13.5. The summed E-state index contributed by atoms with van der Waals surface area (Å²) in [4.78, 5) is 16.3. The lowest BCUT2D eigenvalue weighted by atomic mass is 9.97. The van der Waals surface area contributed by atoms with Gasteiger partial charge in [-0.05, 0) is 66.8 Å². The van der Waals surface area contributed by atoms with Crippen molar-refractivity contribution >= 4 is 33.9 Å². The van der Waals surface area contributed by atoms with Gasteiger partial charge in [0.15, 0.2) is 0 Å². The van der Waals surface area contributed by atoms with Crippen LogP contribution in [0.5, 0.6) is 0 Å². The molecular weight excluding hydrogens is 471 g/mol. The summed E-state index contributed by atoms with van der Waals surface area (Å²) in [6.07, 6.45) is -0.146. The van der Waals surface area contributed by atoms with Gasteiger partial charge in [-0.1, -0.05) is 24.3 Å². The number of aromatic carboxylic acids is 1. The van der Waals surface area contributed by atoms with Gasteiger partial charge in [-0.25, -0.2) is 9.78 Å². The number of nitrogens with zero attached hydrogens (tertiary/aromatic N) is 2. The fourth-order valence-corrected chi connectivity index (χ4v) is 4.77. The van der Waals surface area contributed by atoms with Crippen LogP contribution in [0, 0.1) is 6.92 Å². The van der Waals surface area contributed by atoms with Crippen LogP contribution >= 0.6 is 0 Å². The standard InChI is InChI=1S/C27H24F3N3O3/c1-15-20(4-3-5-22(15)27(28,29)30)16(2)31-25-21-12-18(17-8-10-36-11-9-17)6-7-23(21)33-14-19(26(34)35)13-24(33)32-25/h3-8,12-14,16H,9-11H2,1-2H3,(H,31,32)(H,34,35)/t16-/m1/s1. The first kappa shape index (κ1) is 23.9. The molecule has 36 heavy (non-hydrogen) atoms. The summed E-state index contributed by atoms with van der Waals surface area (Å²) in [6, 6.07) is 11.0. The number of hydrogen-bond acceptors (Lipinski definition) is 4.